The van der Waals surface area contributed by atoms with Crippen LogP contribution in [0.15, 0.2) is 66.7 Å². The Balaban J connectivity index is 1.39. The maximum Gasteiger partial charge on any atom is 0.274 e. The van der Waals surface area contributed by atoms with Crippen LogP contribution < -0.4 is 4.74 Å². The molecule has 0 radical (unpaired) electrons. The summed E-state index contributed by atoms with van der Waals surface area (Å²) in [4.78, 5) is 64.5. The lowest BCUT2D eigenvalue weighted by atomic mass is 9.76. The van der Waals surface area contributed by atoms with E-state index in [0.717, 1.165) is 16.4 Å². The molecule has 2 aliphatic rings. The van der Waals surface area contributed by atoms with Crippen molar-refractivity contribution >= 4 is 52.4 Å². The van der Waals surface area contributed by atoms with E-state index in [1.165, 1.54) is 66.7 Å². The third-order valence-corrected chi connectivity index (χ3v) is 8.10. The van der Waals surface area contributed by atoms with Gasteiger partial charge in [0, 0.05) is 22.7 Å². The van der Waals surface area contributed by atoms with Gasteiger partial charge in [0.2, 0.25) is 0 Å². The molecular formula is C30H25Cl2N3O7. The Bertz CT molecular complexity index is 1580. The highest BCUT2D eigenvalue weighted by atomic mass is 35.5. The maximum atomic E-state index is 13.8. The topological polar surface area (TPSA) is 127 Å². The number of hydrogen-bond acceptors (Lipinski definition) is 7. The Kier molecular flexibility index (Phi) is 8.29. The second-order valence-electron chi connectivity index (χ2n) is 10.4. The fourth-order valence-corrected chi connectivity index (χ4v) is 5.84. The van der Waals surface area contributed by atoms with E-state index in [2.05, 4.69) is 0 Å². The molecule has 10 nitrogen and oxygen atoms in total. The van der Waals surface area contributed by atoms with E-state index in [9.17, 15) is 29.3 Å². The number of ether oxygens (including phenoxy) is 1. The maximum absolute atomic E-state index is 13.8. The van der Waals surface area contributed by atoms with Crippen molar-refractivity contribution in [1.29, 1.82) is 0 Å². The summed E-state index contributed by atoms with van der Waals surface area (Å²) >= 11 is 12.3. The summed E-state index contributed by atoms with van der Waals surface area (Å²) in [7, 11) is 0. The second-order valence-corrected chi connectivity index (χ2v) is 11.3. The predicted octanol–water partition coefficient (Wildman–Crippen LogP) is 6.36. The average molecular weight is 610 g/mol. The molecule has 1 aliphatic heterocycles. The number of carbonyl (C=O) groups is 4. The van der Waals surface area contributed by atoms with Gasteiger partial charge in [-0.1, -0.05) is 30.1 Å². The van der Waals surface area contributed by atoms with Crippen molar-refractivity contribution in [1.82, 2.24) is 10.0 Å². The molecule has 0 N–H and O–H groups in total. The number of ketones is 1. The molecule has 0 unspecified atom stereocenters. The highest BCUT2D eigenvalue weighted by Crippen LogP contribution is 2.41. The Labute approximate surface area is 250 Å². The molecule has 0 bridgehead atoms. The number of halogens is 2. The number of Topliss-reactive ketones (excluding diaryl/α,β-unsaturated/α-hetero) is 1. The number of nitro groups is 1. The summed E-state index contributed by atoms with van der Waals surface area (Å²) in [6.45, 7) is 1.43. The number of benzene rings is 3. The van der Waals surface area contributed by atoms with E-state index in [-0.39, 0.29) is 27.8 Å². The molecule has 3 aromatic carbocycles. The quantitative estimate of drug-likeness (QED) is 0.126. The normalized spacial score (nSPS) is 19.8. The second kappa shape index (κ2) is 11.9. The zero-order valence-electron chi connectivity index (χ0n) is 22.4. The minimum absolute atomic E-state index is 0.00967. The third-order valence-electron chi connectivity index (χ3n) is 7.55. The fourth-order valence-electron chi connectivity index (χ4n) is 5.35. The Morgan fingerprint density at radius 2 is 1.57 bits per heavy atom. The van der Waals surface area contributed by atoms with E-state index in [4.69, 9.17) is 27.9 Å². The van der Waals surface area contributed by atoms with Gasteiger partial charge in [0.05, 0.1) is 27.3 Å². The zero-order valence-corrected chi connectivity index (χ0v) is 23.9. The van der Waals surface area contributed by atoms with Gasteiger partial charge in [-0.15, -0.1) is 0 Å². The lowest BCUT2D eigenvalue weighted by Gasteiger charge is -2.30. The molecule has 3 atom stereocenters. The van der Waals surface area contributed by atoms with Crippen LogP contribution in [0.2, 0.25) is 10.0 Å². The number of nitrogens with zero attached hydrogens (tertiary/aromatic N) is 3. The summed E-state index contributed by atoms with van der Waals surface area (Å²) in [5.41, 5.74) is 0.117. The molecule has 3 amide bonds. The van der Waals surface area contributed by atoms with E-state index in [1.54, 1.807) is 0 Å². The van der Waals surface area contributed by atoms with Crippen LogP contribution in [-0.2, 0) is 9.59 Å². The van der Waals surface area contributed by atoms with Gasteiger partial charge in [-0.3, -0.25) is 29.3 Å². The van der Waals surface area contributed by atoms with E-state index in [0.29, 0.717) is 29.4 Å². The minimum atomic E-state index is -0.781. The molecule has 1 heterocycles. The number of imide groups is 1. The molecule has 1 saturated carbocycles. The third kappa shape index (κ3) is 5.86. The van der Waals surface area contributed by atoms with Crippen molar-refractivity contribution in [2.45, 2.75) is 26.2 Å². The molecule has 12 heteroatoms. The average Bonchev–Trinajstić information content (AvgIpc) is 3.20. The summed E-state index contributed by atoms with van der Waals surface area (Å²) in [5, 5.41) is 12.9. The van der Waals surface area contributed by atoms with Gasteiger partial charge in [0.15, 0.2) is 5.78 Å². The van der Waals surface area contributed by atoms with Crippen molar-refractivity contribution < 1.29 is 28.8 Å². The first kappa shape index (κ1) is 29.2. The van der Waals surface area contributed by atoms with Crippen LogP contribution in [-0.4, -0.2) is 45.0 Å². The monoisotopic (exact) mass is 609 g/mol. The molecular weight excluding hydrogens is 585 g/mol. The smallest absolute Gasteiger partial charge is 0.274 e. The van der Waals surface area contributed by atoms with Crippen LogP contribution in [0.5, 0.6) is 11.5 Å². The summed E-state index contributed by atoms with van der Waals surface area (Å²) in [6, 6.07) is 15.7. The van der Waals surface area contributed by atoms with Crippen molar-refractivity contribution in [3.8, 4) is 11.5 Å². The van der Waals surface area contributed by atoms with Crippen molar-refractivity contribution in [2.75, 3.05) is 6.54 Å². The first-order valence-corrected chi connectivity index (χ1v) is 14.0. The largest absolute Gasteiger partial charge is 0.457 e. The van der Waals surface area contributed by atoms with Gasteiger partial charge in [-0.25, -0.2) is 5.01 Å². The molecule has 0 aromatic heterocycles. The molecule has 42 heavy (non-hydrogen) atoms. The number of hydrogen-bond donors (Lipinski definition) is 0. The molecule has 3 aromatic rings. The molecule has 1 aliphatic carbocycles. The Morgan fingerprint density at radius 1 is 0.952 bits per heavy atom. The van der Waals surface area contributed by atoms with Gasteiger partial charge in [-0.2, -0.15) is 5.01 Å². The predicted molar refractivity (Wildman–Crippen MR) is 153 cm³/mol. The highest BCUT2D eigenvalue weighted by molar-refractivity contribution is 6.36. The number of non-ortho nitro benzene ring substituents is 1. The molecule has 0 spiro atoms. The zero-order chi connectivity index (χ0) is 30.1. The lowest BCUT2D eigenvalue weighted by molar-refractivity contribution is -0.384. The number of hydrazine groups is 1. The van der Waals surface area contributed by atoms with Gasteiger partial charge in [0.25, 0.3) is 23.4 Å². The van der Waals surface area contributed by atoms with Crippen LogP contribution in [0, 0.1) is 27.9 Å². The van der Waals surface area contributed by atoms with Crippen molar-refractivity contribution in [3.63, 3.8) is 0 Å². The molecule has 2 fully saturated rings. The number of amides is 3. The van der Waals surface area contributed by atoms with Gasteiger partial charge in [0.1, 0.15) is 18.0 Å². The van der Waals surface area contributed by atoms with Crippen LogP contribution in [0.1, 0.15) is 46.9 Å². The number of carbonyl (C=O) groups excluding carboxylic acids is 4. The van der Waals surface area contributed by atoms with Crippen LogP contribution in [0.3, 0.4) is 0 Å². The summed E-state index contributed by atoms with van der Waals surface area (Å²) in [6.07, 6.45) is 1.85. The van der Waals surface area contributed by atoms with Crippen LogP contribution >= 0.6 is 23.2 Å². The van der Waals surface area contributed by atoms with Crippen molar-refractivity contribution in [3.05, 3.63) is 98.0 Å². The lowest BCUT2D eigenvalue weighted by Crippen LogP contribution is -2.52. The van der Waals surface area contributed by atoms with Gasteiger partial charge < -0.3 is 4.74 Å². The van der Waals surface area contributed by atoms with Crippen molar-refractivity contribution in [2.24, 2.45) is 17.8 Å². The summed E-state index contributed by atoms with van der Waals surface area (Å²) in [5.74, 6) is -2.44. The molecule has 1 saturated heterocycles. The number of rotatable bonds is 8. The minimum Gasteiger partial charge on any atom is -0.457 e. The molecule has 5 rings (SSSR count). The van der Waals surface area contributed by atoms with Crippen LogP contribution in [0.4, 0.5) is 5.69 Å². The standard InChI is InChI=1S/C30H25Cl2N3O7/c1-17-2-12-23-25(14-17)30(39)34(29(23)38)33(28(37)24-13-5-19(31)15-26(24)32)16-27(36)18-3-8-21(9-4-18)42-22-10-6-20(7-11-22)35(40)41/h3-11,13,15,17,23,25H,2,12,14,16H2,1H3/t17-,23+,25+/m1/s1. The highest BCUT2D eigenvalue weighted by Gasteiger charge is 2.53. The Hall–Kier alpha value is -4.28. The molecule has 216 valence electrons. The van der Waals surface area contributed by atoms with Gasteiger partial charge >= 0.3 is 0 Å². The summed E-state index contributed by atoms with van der Waals surface area (Å²) < 4.78 is 5.70. The Morgan fingerprint density at radius 3 is 2.19 bits per heavy atom. The van der Waals surface area contributed by atoms with E-state index >= 15 is 0 Å². The van der Waals surface area contributed by atoms with E-state index in [1.807, 2.05) is 6.92 Å². The SMILES string of the molecule is C[C@@H]1CC[C@@H]2C(=O)N(N(CC(=O)c3ccc(Oc4ccc([N+](=O)[O-])cc4)cc3)C(=O)c3ccc(Cl)cc3Cl)C(=O)[C@H]2C1. The first-order chi connectivity index (χ1) is 20.0. The van der Waals surface area contributed by atoms with Gasteiger partial charge in [-0.05, 0) is 79.8 Å². The van der Waals surface area contributed by atoms with Crippen LogP contribution in [0.25, 0.3) is 0 Å². The number of fused-ring (bicyclic) bond motifs is 1. The fraction of sp³-hybridized carbons (Fsp3) is 0.267. The first-order valence-electron chi connectivity index (χ1n) is 13.2. The number of nitro benzene ring substituents is 1. The van der Waals surface area contributed by atoms with E-state index < -0.39 is 46.8 Å².